The van der Waals surface area contributed by atoms with Crippen molar-refractivity contribution in [1.29, 1.82) is 0 Å². The van der Waals surface area contributed by atoms with Gasteiger partial charge in [0.15, 0.2) is 0 Å². The maximum absolute atomic E-state index is 6.17. The first kappa shape index (κ1) is 10.3. The molecule has 3 heteroatoms. The van der Waals surface area contributed by atoms with Gasteiger partial charge in [0.1, 0.15) is 0 Å². The Morgan fingerprint density at radius 3 is 3.12 bits per heavy atom. The Morgan fingerprint density at radius 1 is 1.38 bits per heavy atom. The van der Waals surface area contributed by atoms with E-state index in [1.165, 1.54) is 29.5 Å². The largest absolute Gasteiger partial charge is 0.310 e. The number of hydrogen-bond donors (Lipinski definition) is 1. The molecule has 1 atom stereocenters. The second kappa shape index (κ2) is 4.19. The van der Waals surface area contributed by atoms with Gasteiger partial charge in [-0.15, -0.1) is 0 Å². The number of fused-ring (bicyclic) bond motifs is 1. The third-order valence-corrected chi connectivity index (χ3v) is 3.66. The average molecular weight is 235 g/mol. The Hall–Kier alpha value is -0.860. The van der Waals surface area contributed by atoms with Gasteiger partial charge >= 0.3 is 0 Å². The van der Waals surface area contributed by atoms with Crippen molar-refractivity contribution in [1.82, 2.24) is 5.32 Å². The molecule has 0 saturated carbocycles. The Balaban J connectivity index is 2.08. The molecule has 0 amide bonds. The smallest absolute Gasteiger partial charge is 0.0430 e. The molecule has 0 radical (unpaired) electrons. The van der Waals surface area contributed by atoms with Gasteiger partial charge in [0.05, 0.1) is 0 Å². The zero-order valence-electron chi connectivity index (χ0n) is 9.17. The van der Waals surface area contributed by atoms with E-state index in [0.29, 0.717) is 6.04 Å². The summed E-state index contributed by atoms with van der Waals surface area (Å²) in [6, 6.07) is 4.65. The molecule has 3 rings (SSSR count). The van der Waals surface area contributed by atoms with Gasteiger partial charge in [-0.25, -0.2) is 0 Å². The lowest BCUT2D eigenvalue weighted by atomic mass is 9.92. The molecule has 0 bridgehead atoms. The highest BCUT2D eigenvalue weighted by Gasteiger charge is 2.21. The van der Waals surface area contributed by atoms with E-state index in [1.807, 2.05) is 12.3 Å². The lowest BCUT2D eigenvalue weighted by molar-refractivity contribution is 0.638. The highest BCUT2D eigenvalue weighted by atomic mass is 35.5. The predicted molar refractivity (Wildman–Crippen MR) is 67.6 cm³/mol. The van der Waals surface area contributed by atoms with Gasteiger partial charge in [-0.3, -0.25) is 4.99 Å². The lowest BCUT2D eigenvalue weighted by Gasteiger charge is -2.20. The molecule has 0 aromatic heterocycles. The molecule has 2 aliphatic heterocycles. The van der Waals surface area contributed by atoms with Crippen LogP contribution in [0, 0.1) is 0 Å². The van der Waals surface area contributed by atoms with E-state index < -0.39 is 0 Å². The Kier molecular flexibility index (Phi) is 2.70. The minimum absolute atomic E-state index is 0.499. The summed E-state index contributed by atoms with van der Waals surface area (Å²) in [4.78, 5) is 4.32. The maximum Gasteiger partial charge on any atom is 0.0430 e. The Labute approximate surface area is 101 Å². The topological polar surface area (TPSA) is 24.4 Å². The molecule has 1 saturated heterocycles. The van der Waals surface area contributed by atoms with E-state index >= 15 is 0 Å². The maximum atomic E-state index is 6.17. The van der Waals surface area contributed by atoms with Gasteiger partial charge in [0.2, 0.25) is 0 Å². The molecule has 2 heterocycles. The SMILES string of the molecule is Clc1cc2c(c([C@@H]3CCCN3)c1)CCN=C2. The van der Waals surface area contributed by atoms with Gasteiger partial charge in [-0.05, 0) is 54.6 Å². The Morgan fingerprint density at radius 2 is 2.31 bits per heavy atom. The molecule has 2 aliphatic rings. The van der Waals surface area contributed by atoms with Crippen molar-refractivity contribution in [3.8, 4) is 0 Å². The standard InChI is InChI=1S/C13H15ClN2/c14-10-6-9-8-15-5-3-11(9)12(7-10)13-2-1-4-16-13/h6-8,13,16H,1-5H2/t13-/m0/s1. The quantitative estimate of drug-likeness (QED) is 0.794. The summed E-state index contributed by atoms with van der Waals surface area (Å²) in [5, 5.41) is 4.38. The van der Waals surface area contributed by atoms with Crippen molar-refractivity contribution in [2.45, 2.75) is 25.3 Å². The minimum Gasteiger partial charge on any atom is -0.310 e. The van der Waals surface area contributed by atoms with Crippen molar-refractivity contribution in [2.24, 2.45) is 4.99 Å². The average Bonchev–Trinajstić information content (AvgIpc) is 2.81. The van der Waals surface area contributed by atoms with Gasteiger partial charge in [-0.1, -0.05) is 11.6 Å². The van der Waals surface area contributed by atoms with Crippen LogP contribution in [-0.4, -0.2) is 19.3 Å². The monoisotopic (exact) mass is 234 g/mol. The number of hydrogen-bond acceptors (Lipinski definition) is 2. The van der Waals surface area contributed by atoms with Crippen LogP contribution in [0.1, 0.15) is 35.6 Å². The summed E-state index contributed by atoms with van der Waals surface area (Å²) in [6.07, 6.45) is 5.50. The van der Waals surface area contributed by atoms with Gasteiger partial charge in [0.25, 0.3) is 0 Å². The summed E-state index contributed by atoms with van der Waals surface area (Å²) in [6.45, 7) is 2.04. The van der Waals surface area contributed by atoms with Crippen LogP contribution in [-0.2, 0) is 6.42 Å². The summed E-state index contributed by atoms with van der Waals surface area (Å²) in [5.41, 5.74) is 4.05. The van der Waals surface area contributed by atoms with Crippen molar-refractivity contribution in [2.75, 3.05) is 13.1 Å². The molecular formula is C13H15ClN2. The van der Waals surface area contributed by atoms with Gasteiger partial charge in [0, 0.05) is 23.8 Å². The first-order valence-electron chi connectivity index (χ1n) is 5.90. The number of nitrogens with zero attached hydrogens (tertiary/aromatic N) is 1. The first-order valence-corrected chi connectivity index (χ1v) is 6.28. The van der Waals surface area contributed by atoms with Gasteiger partial charge < -0.3 is 5.32 Å². The Bertz CT molecular complexity index is 434. The molecule has 16 heavy (non-hydrogen) atoms. The van der Waals surface area contributed by atoms with Crippen molar-refractivity contribution >= 4 is 17.8 Å². The highest BCUT2D eigenvalue weighted by molar-refractivity contribution is 6.31. The number of aliphatic imine (C=N–C) groups is 1. The van der Waals surface area contributed by atoms with E-state index in [2.05, 4.69) is 16.4 Å². The zero-order chi connectivity index (χ0) is 11.0. The molecule has 84 valence electrons. The van der Waals surface area contributed by atoms with E-state index in [9.17, 15) is 0 Å². The number of halogens is 1. The molecule has 0 unspecified atom stereocenters. The third-order valence-electron chi connectivity index (χ3n) is 3.44. The van der Waals surface area contributed by atoms with Crippen molar-refractivity contribution in [3.05, 3.63) is 33.8 Å². The fourth-order valence-corrected chi connectivity index (χ4v) is 2.92. The number of nitrogens with one attached hydrogen (secondary N) is 1. The van der Waals surface area contributed by atoms with E-state index in [0.717, 1.165) is 24.5 Å². The first-order chi connectivity index (χ1) is 7.84. The zero-order valence-corrected chi connectivity index (χ0v) is 9.93. The third kappa shape index (κ3) is 1.76. The summed E-state index contributed by atoms with van der Waals surface area (Å²) >= 11 is 6.17. The normalized spacial score (nSPS) is 23.4. The summed E-state index contributed by atoms with van der Waals surface area (Å²) in [5.74, 6) is 0. The molecule has 1 N–H and O–H groups in total. The van der Waals surface area contributed by atoms with Crippen LogP contribution in [0.25, 0.3) is 0 Å². The van der Waals surface area contributed by atoms with Crippen LogP contribution in [0.4, 0.5) is 0 Å². The van der Waals surface area contributed by atoms with E-state index in [-0.39, 0.29) is 0 Å². The fourth-order valence-electron chi connectivity index (χ4n) is 2.68. The summed E-state index contributed by atoms with van der Waals surface area (Å²) in [7, 11) is 0. The number of benzene rings is 1. The second-order valence-electron chi connectivity index (χ2n) is 4.50. The predicted octanol–water partition coefficient (Wildman–Crippen LogP) is 2.74. The van der Waals surface area contributed by atoms with E-state index in [4.69, 9.17) is 11.6 Å². The molecule has 1 aromatic rings. The molecule has 1 fully saturated rings. The van der Waals surface area contributed by atoms with Crippen LogP contribution >= 0.6 is 11.6 Å². The molecule has 0 aliphatic carbocycles. The molecule has 2 nitrogen and oxygen atoms in total. The van der Waals surface area contributed by atoms with Crippen molar-refractivity contribution < 1.29 is 0 Å². The van der Waals surface area contributed by atoms with Gasteiger partial charge in [-0.2, -0.15) is 0 Å². The lowest BCUT2D eigenvalue weighted by Crippen LogP contribution is -2.17. The van der Waals surface area contributed by atoms with Crippen molar-refractivity contribution in [3.63, 3.8) is 0 Å². The highest BCUT2D eigenvalue weighted by Crippen LogP contribution is 2.31. The van der Waals surface area contributed by atoms with Crippen LogP contribution < -0.4 is 5.32 Å². The summed E-state index contributed by atoms with van der Waals surface area (Å²) < 4.78 is 0. The minimum atomic E-state index is 0.499. The number of rotatable bonds is 1. The molecule has 0 spiro atoms. The molecular weight excluding hydrogens is 220 g/mol. The fraction of sp³-hybridized carbons (Fsp3) is 0.462. The van der Waals surface area contributed by atoms with Crippen LogP contribution in [0.2, 0.25) is 5.02 Å². The van der Waals surface area contributed by atoms with Crippen LogP contribution in [0.3, 0.4) is 0 Å². The second-order valence-corrected chi connectivity index (χ2v) is 4.93. The van der Waals surface area contributed by atoms with E-state index in [1.54, 1.807) is 0 Å². The van der Waals surface area contributed by atoms with Crippen LogP contribution in [0.15, 0.2) is 17.1 Å². The van der Waals surface area contributed by atoms with Crippen LogP contribution in [0.5, 0.6) is 0 Å². The molecule has 1 aromatic carbocycles.